The second kappa shape index (κ2) is 9.55. The lowest BCUT2D eigenvalue weighted by molar-refractivity contribution is 1.08. The fraction of sp³-hybridized carbons (Fsp3) is 0. The molecule has 0 amide bonds. The molecule has 9 aromatic rings. The Balaban J connectivity index is 1.26. The molecule has 0 aliphatic heterocycles. The average molecular weight is 566 g/mol. The lowest BCUT2D eigenvalue weighted by Crippen LogP contribution is -2.00. The van der Waals surface area contributed by atoms with Crippen LogP contribution in [0.3, 0.4) is 0 Å². The van der Waals surface area contributed by atoms with Crippen molar-refractivity contribution >= 4 is 63.8 Å². The predicted molar refractivity (Wildman–Crippen MR) is 182 cm³/mol. The third-order valence-corrected chi connectivity index (χ3v) is 9.43. The summed E-state index contributed by atoms with van der Waals surface area (Å²) in [5, 5.41) is 9.71. The highest BCUT2D eigenvalue weighted by Crippen LogP contribution is 2.37. The maximum absolute atomic E-state index is 5.08. The van der Waals surface area contributed by atoms with E-state index in [1.807, 2.05) is 11.3 Å². The number of rotatable bonds is 3. The Bertz CT molecular complexity index is 2530. The Morgan fingerprint density at radius 3 is 1.65 bits per heavy atom. The van der Waals surface area contributed by atoms with Crippen molar-refractivity contribution in [3.63, 3.8) is 0 Å². The highest BCUT2D eigenvalue weighted by atomic mass is 32.1. The van der Waals surface area contributed by atoms with Crippen LogP contribution in [-0.2, 0) is 0 Å². The first-order valence-electron chi connectivity index (χ1n) is 14.4. The van der Waals surface area contributed by atoms with Crippen LogP contribution >= 0.6 is 11.3 Å². The van der Waals surface area contributed by atoms with Gasteiger partial charge in [-0.2, -0.15) is 0 Å². The standard InChI is InChI=1S/C39H23N3S/c1-2-9-26-21-28(16-13-24(26)7-1)37-40-38(29-17-19-32-27(22-29)15-14-25-8-3-4-10-31(25)32)42-39(41-37)30-18-20-36-34(23-30)33-11-5-6-12-35(33)43-36/h1-23H. The van der Waals surface area contributed by atoms with Crippen molar-refractivity contribution in [3.8, 4) is 34.2 Å². The van der Waals surface area contributed by atoms with E-state index < -0.39 is 0 Å². The van der Waals surface area contributed by atoms with Gasteiger partial charge in [0.05, 0.1) is 0 Å². The minimum atomic E-state index is 0.665. The lowest BCUT2D eigenvalue weighted by atomic mass is 10.00. The van der Waals surface area contributed by atoms with E-state index in [1.165, 1.54) is 41.7 Å². The fourth-order valence-corrected chi connectivity index (χ4v) is 7.20. The molecule has 0 atom stereocenters. The third kappa shape index (κ3) is 4.07. The van der Waals surface area contributed by atoms with Crippen LogP contribution in [0.5, 0.6) is 0 Å². The topological polar surface area (TPSA) is 38.7 Å². The predicted octanol–water partition coefficient (Wildman–Crippen LogP) is 10.7. The van der Waals surface area contributed by atoms with E-state index in [9.17, 15) is 0 Å². The quantitative estimate of drug-likeness (QED) is 0.200. The molecule has 3 nitrogen and oxygen atoms in total. The van der Waals surface area contributed by atoms with Gasteiger partial charge in [-0.1, -0.05) is 103 Å². The van der Waals surface area contributed by atoms with Crippen molar-refractivity contribution in [1.29, 1.82) is 0 Å². The number of benzene rings is 7. The molecule has 0 fully saturated rings. The minimum Gasteiger partial charge on any atom is -0.208 e. The Morgan fingerprint density at radius 1 is 0.326 bits per heavy atom. The number of thiophene rings is 1. The van der Waals surface area contributed by atoms with Crippen LogP contribution < -0.4 is 0 Å². The third-order valence-electron chi connectivity index (χ3n) is 8.28. The number of hydrogen-bond donors (Lipinski definition) is 0. The number of hydrogen-bond acceptors (Lipinski definition) is 4. The molecule has 2 aromatic heterocycles. The van der Waals surface area contributed by atoms with Gasteiger partial charge >= 0.3 is 0 Å². The van der Waals surface area contributed by atoms with Crippen LogP contribution in [0.1, 0.15) is 0 Å². The van der Waals surface area contributed by atoms with Crippen molar-refractivity contribution in [2.45, 2.75) is 0 Å². The van der Waals surface area contributed by atoms with Gasteiger partial charge in [0.1, 0.15) is 0 Å². The van der Waals surface area contributed by atoms with Crippen LogP contribution in [-0.4, -0.2) is 15.0 Å². The molecule has 0 saturated carbocycles. The van der Waals surface area contributed by atoms with Gasteiger partial charge in [0.2, 0.25) is 0 Å². The molecule has 200 valence electrons. The smallest absolute Gasteiger partial charge is 0.164 e. The van der Waals surface area contributed by atoms with E-state index in [1.54, 1.807) is 0 Å². The zero-order valence-corrected chi connectivity index (χ0v) is 23.8. The summed E-state index contributed by atoms with van der Waals surface area (Å²) < 4.78 is 2.54. The zero-order valence-electron chi connectivity index (χ0n) is 23.0. The van der Waals surface area contributed by atoms with Gasteiger partial charge in [-0.15, -0.1) is 11.3 Å². The maximum Gasteiger partial charge on any atom is 0.164 e. The van der Waals surface area contributed by atoms with Gasteiger partial charge in [0, 0.05) is 36.9 Å². The molecule has 0 N–H and O–H groups in total. The van der Waals surface area contributed by atoms with Crippen LogP contribution in [0.4, 0.5) is 0 Å². The van der Waals surface area contributed by atoms with Gasteiger partial charge in [-0.05, 0) is 68.7 Å². The van der Waals surface area contributed by atoms with Crippen LogP contribution in [0.15, 0.2) is 140 Å². The SMILES string of the molecule is c1ccc2cc(-c3nc(-c4ccc5c(ccc6ccccc65)c4)nc(-c4ccc5sc6ccccc6c5c4)n3)ccc2c1. The van der Waals surface area contributed by atoms with E-state index in [-0.39, 0.29) is 0 Å². The summed E-state index contributed by atoms with van der Waals surface area (Å²) in [6, 6.07) is 49.3. The van der Waals surface area contributed by atoms with E-state index >= 15 is 0 Å². The molecule has 4 heteroatoms. The lowest BCUT2D eigenvalue weighted by Gasteiger charge is -2.10. The van der Waals surface area contributed by atoms with Crippen molar-refractivity contribution in [1.82, 2.24) is 15.0 Å². The summed E-state index contributed by atoms with van der Waals surface area (Å²) in [6.45, 7) is 0. The van der Waals surface area contributed by atoms with E-state index in [2.05, 4.69) is 140 Å². The molecular formula is C39H23N3S. The summed E-state index contributed by atoms with van der Waals surface area (Å²) in [5.74, 6) is 2.00. The Morgan fingerprint density at radius 2 is 0.837 bits per heavy atom. The summed E-state index contributed by atoms with van der Waals surface area (Å²) in [5.41, 5.74) is 2.92. The molecular weight excluding hydrogens is 543 g/mol. The molecule has 43 heavy (non-hydrogen) atoms. The summed E-state index contributed by atoms with van der Waals surface area (Å²) >= 11 is 1.82. The van der Waals surface area contributed by atoms with Gasteiger partial charge in [0.15, 0.2) is 17.5 Å². The Labute approximate surface area is 251 Å². The van der Waals surface area contributed by atoms with Crippen molar-refractivity contribution in [3.05, 3.63) is 140 Å². The van der Waals surface area contributed by atoms with Crippen molar-refractivity contribution < 1.29 is 0 Å². The largest absolute Gasteiger partial charge is 0.208 e. The molecule has 0 saturated heterocycles. The van der Waals surface area contributed by atoms with Gasteiger partial charge in [-0.3, -0.25) is 0 Å². The van der Waals surface area contributed by atoms with Gasteiger partial charge < -0.3 is 0 Å². The van der Waals surface area contributed by atoms with Crippen LogP contribution in [0, 0.1) is 0 Å². The first-order valence-corrected chi connectivity index (χ1v) is 15.2. The maximum atomic E-state index is 5.08. The fourth-order valence-electron chi connectivity index (χ4n) is 6.11. The van der Waals surface area contributed by atoms with Crippen molar-refractivity contribution in [2.24, 2.45) is 0 Å². The van der Waals surface area contributed by atoms with E-state index in [4.69, 9.17) is 15.0 Å². The first-order chi connectivity index (χ1) is 21.3. The molecule has 0 radical (unpaired) electrons. The highest BCUT2D eigenvalue weighted by Gasteiger charge is 2.15. The average Bonchev–Trinajstić information content (AvgIpc) is 3.45. The van der Waals surface area contributed by atoms with Gasteiger partial charge in [0.25, 0.3) is 0 Å². The minimum absolute atomic E-state index is 0.665. The molecule has 0 bridgehead atoms. The first kappa shape index (κ1) is 24.2. The summed E-state index contributed by atoms with van der Waals surface area (Å²) in [6.07, 6.45) is 0. The highest BCUT2D eigenvalue weighted by molar-refractivity contribution is 7.25. The number of aromatic nitrogens is 3. The second-order valence-corrected chi connectivity index (χ2v) is 12.0. The molecule has 0 unspecified atom stereocenters. The second-order valence-electron chi connectivity index (χ2n) is 10.9. The normalized spacial score (nSPS) is 11.7. The molecule has 2 heterocycles. The number of fused-ring (bicyclic) bond motifs is 7. The molecule has 0 spiro atoms. The molecule has 7 aromatic carbocycles. The Hall–Kier alpha value is -5.45. The summed E-state index contributed by atoms with van der Waals surface area (Å²) in [4.78, 5) is 15.2. The van der Waals surface area contributed by atoms with Gasteiger partial charge in [-0.25, -0.2) is 15.0 Å². The number of nitrogens with zero attached hydrogens (tertiary/aromatic N) is 3. The Kier molecular flexibility index (Phi) is 5.37. The molecule has 0 aliphatic rings. The summed E-state index contributed by atoms with van der Waals surface area (Å²) in [7, 11) is 0. The van der Waals surface area contributed by atoms with Crippen LogP contribution in [0.2, 0.25) is 0 Å². The van der Waals surface area contributed by atoms with Crippen molar-refractivity contribution in [2.75, 3.05) is 0 Å². The zero-order chi connectivity index (χ0) is 28.3. The monoisotopic (exact) mass is 565 g/mol. The molecule has 0 aliphatic carbocycles. The molecule has 9 rings (SSSR count). The van der Waals surface area contributed by atoms with E-state index in [0.29, 0.717) is 17.5 Å². The van der Waals surface area contributed by atoms with Crippen LogP contribution in [0.25, 0.3) is 86.7 Å². The van der Waals surface area contributed by atoms with E-state index in [0.717, 1.165) is 27.5 Å².